The van der Waals surface area contributed by atoms with Crippen molar-refractivity contribution < 1.29 is 14.4 Å². The molecule has 0 saturated heterocycles. The summed E-state index contributed by atoms with van der Waals surface area (Å²) in [7, 11) is 1.73. The molecule has 1 aliphatic heterocycles. The number of fused-ring (bicyclic) bond motifs is 1. The maximum atomic E-state index is 12.2. The largest absolute Gasteiger partial charge is 0.355 e. The SMILES string of the molecule is CN1C(=O)Cc2cc(C(=O)CCNC(=O)C(C)(C)C)ccc21. The third-order valence-electron chi connectivity index (χ3n) is 3.80. The number of hydrogen-bond donors (Lipinski definition) is 1. The molecule has 1 aromatic rings. The summed E-state index contributed by atoms with van der Waals surface area (Å²) in [6.45, 7) is 5.82. The summed E-state index contributed by atoms with van der Waals surface area (Å²) in [6, 6.07) is 5.33. The average Bonchev–Trinajstić information content (AvgIpc) is 2.72. The Morgan fingerprint density at radius 3 is 2.59 bits per heavy atom. The van der Waals surface area contributed by atoms with Crippen molar-refractivity contribution in [3.63, 3.8) is 0 Å². The molecule has 22 heavy (non-hydrogen) atoms. The topological polar surface area (TPSA) is 66.5 Å². The Morgan fingerprint density at radius 1 is 1.27 bits per heavy atom. The lowest BCUT2D eigenvalue weighted by atomic mass is 9.95. The molecule has 2 amide bonds. The maximum absolute atomic E-state index is 12.2. The number of carbonyl (C=O) groups is 3. The lowest BCUT2D eigenvalue weighted by Gasteiger charge is -2.17. The average molecular weight is 302 g/mol. The van der Waals surface area contributed by atoms with E-state index in [1.54, 1.807) is 30.1 Å². The van der Waals surface area contributed by atoms with E-state index in [1.165, 1.54) is 0 Å². The van der Waals surface area contributed by atoms with Crippen molar-refractivity contribution in [2.24, 2.45) is 5.41 Å². The van der Waals surface area contributed by atoms with Gasteiger partial charge in [-0.15, -0.1) is 0 Å². The molecule has 1 N–H and O–H groups in total. The molecule has 5 heteroatoms. The summed E-state index contributed by atoms with van der Waals surface area (Å²) in [5.74, 6) is -0.0578. The predicted octanol–water partition coefficient (Wildman–Crippen LogP) is 1.94. The van der Waals surface area contributed by atoms with Gasteiger partial charge in [-0.1, -0.05) is 20.8 Å². The van der Waals surface area contributed by atoms with Gasteiger partial charge in [0.25, 0.3) is 0 Å². The number of ketones is 1. The highest BCUT2D eigenvalue weighted by molar-refractivity contribution is 6.03. The fourth-order valence-electron chi connectivity index (χ4n) is 2.34. The van der Waals surface area contributed by atoms with E-state index in [2.05, 4.69) is 5.32 Å². The predicted molar refractivity (Wildman–Crippen MR) is 85.0 cm³/mol. The molecule has 0 radical (unpaired) electrons. The molecule has 0 fully saturated rings. The minimum atomic E-state index is -0.457. The Morgan fingerprint density at radius 2 is 1.95 bits per heavy atom. The van der Waals surface area contributed by atoms with Crippen LogP contribution >= 0.6 is 0 Å². The third kappa shape index (κ3) is 3.35. The number of amides is 2. The normalized spacial score (nSPS) is 14.0. The van der Waals surface area contributed by atoms with Crippen LogP contribution in [0.5, 0.6) is 0 Å². The maximum Gasteiger partial charge on any atom is 0.231 e. The van der Waals surface area contributed by atoms with Crippen molar-refractivity contribution in [1.29, 1.82) is 0 Å². The van der Waals surface area contributed by atoms with Gasteiger partial charge in [0.1, 0.15) is 0 Å². The summed E-state index contributed by atoms with van der Waals surface area (Å²) in [6.07, 6.45) is 0.595. The van der Waals surface area contributed by atoms with Crippen LogP contribution in [-0.2, 0) is 16.0 Å². The van der Waals surface area contributed by atoms with E-state index in [1.807, 2.05) is 20.8 Å². The number of likely N-dealkylation sites (N-methyl/N-ethyl adjacent to an activating group) is 1. The second-order valence-corrected chi connectivity index (χ2v) is 6.65. The summed E-state index contributed by atoms with van der Waals surface area (Å²) in [5.41, 5.74) is 1.88. The molecular weight excluding hydrogens is 280 g/mol. The van der Waals surface area contributed by atoms with Gasteiger partial charge >= 0.3 is 0 Å². The Hall–Kier alpha value is -2.17. The molecular formula is C17H22N2O3. The molecule has 5 nitrogen and oxygen atoms in total. The third-order valence-corrected chi connectivity index (χ3v) is 3.80. The fourth-order valence-corrected chi connectivity index (χ4v) is 2.34. The summed E-state index contributed by atoms with van der Waals surface area (Å²) < 4.78 is 0. The minimum Gasteiger partial charge on any atom is -0.355 e. The second kappa shape index (κ2) is 5.91. The number of nitrogens with one attached hydrogen (secondary N) is 1. The van der Waals surface area contributed by atoms with Crippen molar-refractivity contribution in [2.75, 3.05) is 18.5 Å². The number of nitrogens with zero attached hydrogens (tertiary/aromatic N) is 1. The molecule has 118 valence electrons. The van der Waals surface area contributed by atoms with E-state index in [4.69, 9.17) is 0 Å². The molecule has 2 rings (SSSR count). The van der Waals surface area contributed by atoms with E-state index < -0.39 is 5.41 Å². The van der Waals surface area contributed by atoms with Gasteiger partial charge in [-0.05, 0) is 23.8 Å². The standard InChI is InChI=1S/C17H22N2O3/c1-17(2,3)16(22)18-8-7-14(20)11-5-6-13-12(9-11)10-15(21)19(13)4/h5-6,9H,7-8,10H2,1-4H3,(H,18,22). The molecule has 0 unspecified atom stereocenters. The van der Waals surface area contributed by atoms with Gasteiger partial charge in [0.2, 0.25) is 11.8 Å². The molecule has 0 saturated carbocycles. The molecule has 0 atom stereocenters. The first-order valence-corrected chi connectivity index (χ1v) is 7.41. The summed E-state index contributed by atoms with van der Waals surface area (Å²) in [5, 5.41) is 2.77. The van der Waals surface area contributed by atoms with Gasteiger partial charge in [-0.2, -0.15) is 0 Å². The highest BCUT2D eigenvalue weighted by Crippen LogP contribution is 2.28. The second-order valence-electron chi connectivity index (χ2n) is 6.65. The zero-order valence-electron chi connectivity index (χ0n) is 13.5. The molecule has 1 heterocycles. The van der Waals surface area contributed by atoms with Crippen LogP contribution < -0.4 is 10.2 Å². The van der Waals surface area contributed by atoms with Crippen molar-refractivity contribution in [1.82, 2.24) is 5.32 Å². The smallest absolute Gasteiger partial charge is 0.231 e. The van der Waals surface area contributed by atoms with Crippen molar-refractivity contribution in [3.8, 4) is 0 Å². The lowest BCUT2D eigenvalue weighted by molar-refractivity contribution is -0.128. The Balaban J connectivity index is 1.96. The van der Waals surface area contributed by atoms with E-state index in [0.29, 0.717) is 18.5 Å². The van der Waals surface area contributed by atoms with Crippen molar-refractivity contribution in [2.45, 2.75) is 33.6 Å². The van der Waals surface area contributed by atoms with E-state index in [0.717, 1.165) is 11.3 Å². The van der Waals surface area contributed by atoms with Crippen LogP contribution in [0.3, 0.4) is 0 Å². The first-order chi connectivity index (χ1) is 10.2. The van der Waals surface area contributed by atoms with Crippen molar-refractivity contribution in [3.05, 3.63) is 29.3 Å². The van der Waals surface area contributed by atoms with Crippen LogP contribution in [0, 0.1) is 5.41 Å². The van der Waals surface area contributed by atoms with Crippen LogP contribution in [0.4, 0.5) is 5.69 Å². The summed E-state index contributed by atoms with van der Waals surface area (Å²) in [4.78, 5) is 37.2. The number of carbonyl (C=O) groups excluding carboxylic acids is 3. The van der Waals surface area contributed by atoms with Crippen LogP contribution in [0.1, 0.15) is 43.1 Å². The Labute approximate surface area is 130 Å². The first-order valence-electron chi connectivity index (χ1n) is 7.41. The quantitative estimate of drug-likeness (QED) is 0.864. The number of hydrogen-bond acceptors (Lipinski definition) is 3. The lowest BCUT2D eigenvalue weighted by Crippen LogP contribution is -2.35. The van der Waals surface area contributed by atoms with E-state index in [-0.39, 0.29) is 24.0 Å². The van der Waals surface area contributed by atoms with Crippen LogP contribution in [0.2, 0.25) is 0 Å². The van der Waals surface area contributed by atoms with E-state index in [9.17, 15) is 14.4 Å². The van der Waals surface area contributed by atoms with Gasteiger partial charge in [0.15, 0.2) is 5.78 Å². The summed E-state index contributed by atoms with van der Waals surface area (Å²) >= 11 is 0. The zero-order valence-corrected chi connectivity index (χ0v) is 13.5. The number of anilines is 1. The molecule has 1 aromatic carbocycles. The van der Waals surface area contributed by atoms with Gasteiger partial charge < -0.3 is 10.2 Å². The van der Waals surface area contributed by atoms with Crippen molar-refractivity contribution >= 4 is 23.3 Å². The fraction of sp³-hybridized carbons (Fsp3) is 0.471. The number of rotatable bonds is 4. The monoisotopic (exact) mass is 302 g/mol. The van der Waals surface area contributed by atoms with Gasteiger partial charge in [0, 0.05) is 36.7 Å². The highest BCUT2D eigenvalue weighted by Gasteiger charge is 2.25. The van der Waals surface area contributed by atoms with Crippen LogP contribution in [0.15, 0.2) is 18.2 Å². The van der Waals surface area contributed by atoms with Gasteiger partial charge in [-0.3, -0.25) is 14.4 Å². The highest BCUT2D eigenvalue weighted by atomic mass is 16.2. The van der Waals surface area contributed by atoms with Crippen LogP contribution in [0.25, 0.3) is 0 Å². The van der Waals surface area contributed by atoms with Gasteiger partial charge in [-0.25, -0.2) is 0 Å². The van der Waals surface area contributed by atoms with Crippen LogP contribution in [-0.4, -0.2) is 31.2 Å². The number of Topliss-reactive ketones (excluding diaryl/α,β-unsaturated/α-hetero) is 1. The van der Waals surface area contributed by atoms with E-state index >= 15 is 0 Å². The van der Waals surface area contributed by atoms with Gasteiger partial charge in [0.05, 0.1) is 6.42 Å². The molecule has 0 aromatic heterocycles. The molecule has 0 bridgehead atoms. The Bertz CT molecular complexity index is 629. The Kier molecular flexibility index (Phi) is 4.35. The number of benzene rings is 1. The molecule has 0 aliphatic carbocycles. The molecule has 1 aliphatic rings. The molecule has 0 spiro atoms. The zero-order chi connectivity index (χ0) is 16.5. The first kappa shape index (κ1) is 16.2. The minimum absolute atomic E-state index is 0.0287.